The zero-order chi connectivity index (χ0) is 17.6. The third-order valence-electron chi connectivity index (χ3n) is 4.06. The second-order valence-electron chi connectivity index (χ2n) is 5.72. The molecule has 0 spiro atoms. The smallest absolute Gasteiger partial charge is 0.268 e. The van der Waals surface area contributed by atoms with E-state index >= 15 is 0 Å². The molecule has 1 heterocycles. The van der Waals surface area contributed by atoms with Crippen LogP contribution in [0.4, 0.5) is 5.69 Å². The lowest BCUT2D eigenvalue weighted by molar-refractivity contribution is 0.386. The van der Waals surface area contributed by atoms with Gasteiger partial charge in [-0.15, -0.1) is 0 Å². The standard InChI is InChI=1S/C17H16Cl2N2O2S/c1-9-6-5-7-13(8-9)21-17(20-23-24(21)22)14-10(2)15(18)12(4)16(19)11(14)3/h5-8H,1-4H3. The SMILES string of the molecule is Cc1cccc(N2C(c3c(C)c(Cl)c(C)c(Cl)c3C)=NOS2=O)c1. The number of benzene rings is 2. The van der Waals surface area contributed by atoms with Gasteiger partial charge in [-0.05, 0) is 67.2 Å². The van der Waals surface area contributed by atoms with Crippen LogP contribution >= 0.6 is 23.2 Å². The Labute approximate surface area is 153 Å². The van der Waals surface area contributed by atoms with Crippen LogP contribution in [0.5, 0.6) is 0 Å². The molecule has 0 N–H and O–H groups in total. The maximum absolute atomic E-state index is 12.4. The van der Waals surface area contributed by atoms with Crippen molar-refractivity contribution in [2.75, 3.05) is 4.31 Å². The van der Waals surface area contributed by atoms with E-state index in [4.69, 9.17) is 27.5 Å². The maximum atomic E-state index is 12.4. The highest BCUT2D eigenvalue weighted by atomic mass is 35.5. The van der Waals surface area contributed by atoms with E-state index < -0.39 is 11.3 Å². The number of oxime groups is 1. The molecule has 1 aliphatic heterocycles. The van der Waals surface area contributed by atoms with Gasteiger partial charge in [-0.25, -0.2) is 4.31 Å². The molecule has 4 nitrogen and oxygen atoms in total. The topological polar surface area (TPSA) is 41.9 Å². The summed E-state index contributed by atoms with van der Waals surface area (Å²) in [6, 6.07) is 7.64. The molecule has 1 unspecified atom stereocenters. The first-order chi connectivity index (χ1) is 11.3. The van der Waals surface area contributed by atoms with Crippen molar-refractivity contribution in [3.63, 3.8) is 0 Å². The maximum Gasteiger partial charge on any atom is 0.346 e. The van der Waals surface area contributed by atoms with Gasteiger partial charge in [-0.1, -0.05) is 35.3 Å². The first kappa shape index (κ1) is 17.3. The summed E-state index contributed by atoms with van der Waals surface area (Å²) in [6.45, 7) is 7.63. The van der Waals surface area contributed by atoms with Gasteiger partial charge < -0.3 is 0 Å². The number of aryl methyl sites for hydroxylation is 1. The molecule has 3 rings (SSSR count). The van der Waals surface area contributed by atoms with Crippen molar-refractivity contribution in [2.24, 2.45) is 5.16 Å². The molecule has 126 valence electrons. The summed E-state index contributed by atoms with van der Waals surface area (Å²) in [7, 11) is 0. The molecule has 0 fully saturated rings. The second kappa shape index (κ2) is 6.39. The Balaban J connectivity index is 2.21. The molecule has 7 heteroatoms. The molecule has 0 aliphatic carbocycles. The summed E-state index contributed by atoms with van der Waals surface area (Å²) in [5.41, 5.74) is 4.99. The van der Waals surface area contributed by atoms with Crippen LogP contribution in [0.3, 0.4) is 0 Å². The fourth-order valence-corrected chi connectivity index (χ4v) is 3.99. The summed E-state index contributed by atoms with van der Waals surface area (Å²) < 4.78 is 19.0. The molecule has 0 saturated carbocycles. The first-order valence-corrected chi connectivity index (χ1v) is 9.11. The van der Waals surface area contributed by atoms with Crippen molar-refractivity contribution in [3.05, 3.63) is 62.1 Å². The molecule has 0 saturated heterocycles. The Kier molecular flexibility index (Phi) is 4.60. The minimum Gasteiger partial charge on any atom is -0.268 e. The van der Waals surface area contributed by atoms with Crippen LogP contribution in [0.2, 0.25) is 10.0 Å². The van der Waals surface area contributed by atoms with Gasteiger partial charge in [-0.3, -0.25) is 4.28 Å². The number of halogens is 2. The Hall–Kier alpha value is -1.56. The van der Waals surface area contributed by atoms with Gasteiger partial charge in [0.1, 0.15) is 0 Å². The van der Waals surface area contributed by atoms with Crippen LogP contribution in [-0.4, -0.2) is 10.0 Å². The molecule has 2 aromatic rings. The van der Waals surface area contributed by atoms with E-state index in [1.165, 1.54) is 0 Å². The summed E-state index contributed by atoms with van der Waals surface area (Å²) in [4.78, 5) is 0. The van der Waals surface area contributed by atoms with Crippen molar-refractivity contribution >= 4 is 46.0 Å². The lowest BCUT2D eigenvalue weighted by Crippen LogP contribution is -2.30. The summed E-state index contributed by atoms with van der Waals surface area (Å²) in [5.74, 6) is 0.442. The predicted octanol–water partition coefficient (Wildman–Crippen LogP) is 5.00. The number of anilines is 1. The quantitative estimate of drug-likeness (QED) is 0.732. The number of rotatable bonds is 2. The highest BCUT2D eigenvalue weighted by Crippen LogP contribution is 2.37. The fourth-order valence-electron chi connectivity index (χ4n) is 2.81. The number of hydrogen-bond acceptors (Lipinski definition) is 3. The van der Waals surface area contributed by atoms with Crippen molar-refractivity contribution in [3.8, 4) is 0 Å². The predicted molar refractivity (Wildman–Crippen MR) is 100 cm³/mol. The zero-order valence-electron chi connectivity index (χ0n) is 13.7. The Morgan fingerprint density at radius 2 is 1.67 bits per heavy atom. The lowest BCUT2D eigenvalue weighted by atomic mass is 9.98. The van der Waals surface area contributed by atoms with Gasteiger partial charge in [-0.2, -0.15) is 4.21 Å². The minimum absolute atomic E-state index is 0.442. The molecular weight excluding hydrogens is 367 g/mol. The van der Waals surface area contributed by atoms with Crippen LogP contribution < -0.4 is 4.31 Å². The molecule has 1 aliphatic rings. The van der Waals surface area contributed by atoms with E-state index in [9.17, 15) is 4.21 Å². The highest BCUT2D eigenvalue weighted by molar-refractivity contribution is 7.83. The highest BCUT2D eigenvalue weighted by Gasteiger charge is 2.33. The van der Waals surface area contributed by atoms with Gasteiger partial charge in [0.25, 0.3) is 0 Å². The molecular formula is C17H16Cl2N2O2S. The van der Waals surface area contributed by atoms with Crippen molar-refractivity contribution < 1.29 is 8.49 Å². The van der Waals surface area contributed by atoms with Gasteiger partial charge in [0.2, 0.25) is 0 Å². The van der Waals surface area contributed by atoms with Crippen molar-refractivity contribution in [1.29, 1.82) is 0 Å². The molecule has 0 bridgehead atoms. The van der Waals surface area contributed by atoms with E-state index in [1.54, 1.807) is 4.31 Å². The molecule has 24 heavy (non-hydrogen) atoms. The number of amidine groups is 1. The third-order valence-corrected chi connectivity index (χ3v) is 6.07. The zero-order valence-corrected chi connectivity index (χ0v) is 16.0. The largest absolute Gasteiger partial charge is 0.346 e. The summed E-state index contributed by atoms with van der Waals surface area (Å²) in [5, 5.41) is 5.18. The number of hydrogen-bond donors (Lipinski definition) is 0. The third kappa shape index (κ3) is 2.70. The Morgan fingerprint density at radius 1 is 1.04 bits per heavy atom. The van der Waals surface area contributed by atoms with Crippen molar-refractivity contribution in [1.82, 2.24) is 0 Å². The van der Waals surface area contributed by atoms with E-state index in [0.29, 0.717) is 15.9 Å². The van der Waals surface area contributed by atoms with Crippen LogP contribution in [0, 0.1) is 27.7 Å². The molecule has 0 radical (unpaired) electrons. The van der Waals surface area contributed by atoms with E-state index in [2.05, 4.69) is 5.16 Å². The second-order valence-corrected chi connectivity index (χ2v) is 7.42. The summed E-state index contributed by atoms with van der Waals surface area (Å²) in [6.07, 6.45) is 0. The van der Waals surface area contributed by atoms with Crippen LogP contribution in [-0.2, 0) is 15.6 Å². The van der Waals surface area contributed by atoms with Gasteiger partial charge in [0.05, 0.1) is 5.69 Å². The Morgan fingerprint density at radius 3 is 2.25 bits per heavy atom. The monoisotopic (exact) mass is 382 g/mol. The molecule has 0 aromatic heterocycles. The van der Waals surface area contributed by atoms with E-state index in [1.807, 2.05) is 52.0 Å². The average Bonchev–Trinajstić information content (AvgIpc) is 2.93. The number of nitrogens with zero attached hydrogens (tertiary/aromatic N) is 2. The minimum atomic E-state index is -1.74. The first-order valence-electron chi connectivity index (χ1n) is 7.32. The van der Waals surface area contributed by atoms with Gasteiger partial charge >= 0.3 is 11.3 Å². The van der Waals surface area contributed by atoms with Gasteiger partial charge in [0.15, 0.2) is 5.84 Å². The van der Waals surface area contributed by atoms with Crippen molar-refractivity contribution in [2.45, 2.75) is 27.7 Å². The fraction of sp³-hybridized carbons (Fsp3) is 0.235. The molecule has 1 atom stereocenters. The lowest BCUT2D eigenvalue weighted by Gasteiger charge is -2.21. The normalized spacial score (nSPS) is 17.0. The average molecular weight is 383 g/mol. The molecule has 2 aromatic carbocycles. The summed E-state index contributed by atoms with van der Waals surface area (Å²) >= 11 is 11.1. The van der Waals surface area contributed by atoms with Crippen LogP contribution in [0.1, 0.15) is 27.8 Å². The van der Waals surface area contributed by atoms with Crippen LogP contribution in [0.25, 0.3) is 0 Å². The molecule has 0 amide bonds. The van der Waals surface area contributed by atoms with Crippen LogP contribution in [0.15, 0.2) is 29.4 Å². The van der Waals surface area contributed by atoms with E-state index in [-0.39, 0.29) is 0 Å². The van der Waals surface area contributed by atoms with E-state index in [0.717, 1.165) is 33.5 Å². The Bertz CT molecular complexity index is 867. The van der Waals surface area contributed by atoms with Gasteiger partial charge in [0, 0.05) is 15.6 Å².